The smallest absolute Gasteiger partial charge is 0.0446 e. The van der Waals surface area contributed by atoms with Gasteiger partial charge in [-0.25, -0.2) is 0 Å². The molecular weight excluding hydrogens is 308 g/mol. The Hall–Kier alpha value is -1.68. The van der Waals surface area contributed by atoms with E-state index < -0.39 is 0 Å². The van der Waals surface area contributed by atoms with Crippen LogP contribution in [0.2, 0.25) is 0 Å². The third-order valence-electron chi connectivity index (χ3n) is 5.22. The number of hydrogen-bond donors (Lipinski definition) is 1. The number of hydrogen-bond acceptors (Lipinski definition) is 3. The number of aliphatic hydroxyl groups is 1. The van der Waals surface area contributed by atoms with Crippen LogP contribution in [0.15, 0.2) is 54.6 Å². The summed E-state index contributed by atoms with van der Waals surface area (Å²) in [6.45, 7) is 7.62. The molecule has 0 amide bonds. The Morgan fingerprint density at radius 2 is 1.56 bits per heavy atom. The van der Waals surface area contributed by atoms with Crippen LogP contribution < -0.4 is 0 Å². The first-order chi connectivity index (χ1) is 12.3. The minimum atomic E-state index is 0.259. The molecule has 134 valence electrons. The molecule has 3 nitrogen and oxygen atoms in total. The summed E-state index contributed by atoms with van der Waals surface area (Å²) in [4.78, 5) is 5.06. The number of nitrogens with zero attached hydrogens (tertiary/aromatic N) is 2. The third-order valence-corrected chi connectivity index (χ3v) is 5.22. The van der Waals surface area contributed by atoms with Gasteiger partial charge in [0.2, 0.25) is 0 Å². The summed E-state index contributed by atoms with van der Waals surface area (Å²) in [6.07, 6.45) is 1.94. The topological polar surface area (TPSA) is 26.7 Å². The Balaban J connectivity index is 1.60. The van der Waals surface area contributed by atoms with Crippen molar-refractivity contribution in [2.24, 2.45) is 0 Å². The van der Waals surface area contributed by atoms with E-state index in [2.05, 4.69) is 71.3 Å². The molecule has 3 rings (SSSR count). The van der Waals surface area contributed by atoms with Crippen LogP contribution >= 0.6 is 0 Å². The fourth-order valence-corrected chi connectivity index (χ4v) is 3.69. The van der Waals surface area contributed by atoms with Crippen LogP contribution in [0, 0.1) is 0 Å². The van der Waals surface area contributed by atoms with Gasteiger partial charge in [-0.3, -0.25) is 9.80 Å². The summed E-state index contributed by atoms with van der Waals surface area (Å²) in [5, 5.41) is 9.49. The van der Waals surface area contributed by atoms with Crippen molar-refractivity contribution in [1.29, 1.82) is 0 Å². The lowest BCUT2D eigenvalue weighted by Crippen LogP contribution is -2.52. The highest BCUT2D eigenvalue weighted by atomic mass is 16.3. The molecule has 0 radical (unpaired) electrons. The molecular formula is C22H30N2O. The van der Waals surface area contributed by atoms with Crippen LogP contribution in [0.4, 0.5) is 0 Å². The summed E-state index contributed by atoms with van der Waals surface area (Å²) < 4.78 is 0. The van der Waals surface area contributed by atoms with Gasteiger partial charge in [0, 0.05) is 45.4 Å². The van der Waals surface area contributed by atoms with Crippen molar-refractivity contribution in [3.05, 3.63) is 71.3 Å². The van der Waals surface area contributed by atoms with Gasteiger partial charge in [0.1, 0.15) is 0 Å². The van der Waals surface area contributed by atoms with Crippen LogP contribution in [0.3, 0.4) is 0 Å². The molecule has 0 aliphatic carbocycles. The molecule has 1 fully saturated rings. The van der Waals surface area contributed by atoms with E-state index in [1.165, 1.54) is 16.7 Å². The Labute approximate surface area is 151 Å². The highest BCUT2D eigenvalue weighted by Gasteiger charge is 2.26. The van der Waals surface area contributed by atoms with Crippen molar-refractivity contribution in [3.8, 4) is 0 Å². The van der Waals surface area contributed by atoms with E-state index in [9.17, 15) is 5.11 Å². The first-order valence-corrected chi connectivity index (χ1v) is 9.47. The predicted octanol–water partition coefficient (Wildman–Crippen LogP) is 3.32. The van der Waals surface area contributed by atoms with Gasteiger partial charge in [-0.1, -0.05) is 61.5 Å². The molecule has 0 spiro atoms. The van der Waals surface area contributed by atoms with Crippen molar-refractivity contribution < 1.29 is 5.11 Å². The molecule has 1 aliphatic heterocycles. The van der Waals surface area contributed by atoms with Gasteiger partial charge in [0.15, 0.2) is 0 Å². The summed E-state index contributed by atoms with van der Waals surface area (Å²) >= 11 is 0. The quantitative estimate of drug-likeness (QED) is 0.839. The zero-order valence-corrected chi connectivity index (χ0v) is 15.3. The Bertz CT molecular complexity index is 626. The molecule has 0 aromatic heterocycles. The molecule has 3 heteroatoms. The van der Waals surface area contributed by atoms with Crippen molar-refractivity contribution in [2.75, 3.05) is 26.2 Å². The van der Waals surface area contributed by atoms with Crippen molar-refractivity contribution in [2.45, 2.75) is 38.9 Å². The largest absolute Gasteiger partial charge is 0.396 e. The van der Waals surface area contributed by atoms with Gasteiger partial charge in [-0.2, -0.15) is 0 Å². The van der Waals surface area contributed by atoms with Crippen molar-refractivity contribution in [1.82, 2.24) is 9.80 Å². The zero-order valence-electron chi connectivity index (χ0n) is 15.3. The lowest BCUT2D eigenvalue weighted by molar-refractivity contribution is 0.0500. The van der Waals surface area contributed by atoms with Gasteiger partial charge in [0.25, 0.3) is 0 Å². The maximum Gasteiger partial charge on any atom is 0.0446 e. The molecule has 1 N–H and O–H groups in total. The lowest BCUT2D eigenvalue weighted by atomic mass is 10.1. The maximum absolute atomic E-state index is 9.49. The summed E-state index contributed by atoms with van der Waals surface area (Å²) in [5.41, 5.74) is 4.14. The van der Waals surface area contributed by atoms with Gasteiger partial charge in [-0.15, -0.1) is 0 Å². The van der Waals surface area contributed by atoms with E-state index in [-0.39, 0.29) is 6.61 Å². The highest BCUT2D eigenvalue weighted by molar-refractivity contribution is 5.22. The van der Waals surface area contributed by atoms with E-state index in [4.69, 9.17) is 0 Å². The van der Waals surface area contributed by atoms with Crippen LogP contribution in [0.25, 0.3) is 0 Å². The molecule has 2 aromatic rings. The molecule has 1 atom stereocenters. The highest BCUT2D eigenvalue weighted by Crippen LogP contribution is 2.18. The monoisotopic (exact) mass is 338 g/mol. The molecule has 1 aliphatic rings. The first kappa shape index (κ1) is 18.1. The van der Waals surface area contributed by atoms with E-state index in [0.717, 1.165) is 45.6 Å². The van der Waals surface area contributed by atoms with Gasteiger partial charge in [0.05, 0.1) is 0 Å². The number of aryl methyl sites for hydroxylation is 1. The average molecular weight is 338 g/mol. The first-order valence-electron chi connectivity index (χ1n) is 9.47. The molecule has 0 unspecified atom stereocenters. The molecule has 0 bridgehead atoms. The molecule has 0 saturated carbocycles. The molecule has 2 aromatic carbocycles. The van der Waals surface area contributed by atoms with Crippen LogP contribution in [-0.4, -0.2) is 47.2 Å². The summed E-state index contributed by atoms with van der Waals surface area (Å²) in [7, 11) is 0. The van der Waals surface area contributed by atoms with Crippen LogP contribution in [0.1, 0.15) is 30.0 Å². The summed E-state index contributed by atoms with van der Waals surface area (Å²) in [6, 6.07) is 20.1. The Kier molecular flexibility index (Phi) is 6.62. The Morgan fingerprint density at radius 1 is 0.880 bits per heavy atom. The van der Waals surface area contributed by atoms with Gasteiger partial charge < -0.3 is 5.11 Å². The zero-order chi connectivity index (χ0) is 17.5. The van der Waals surface area contributed by atoms with Gasteiger partial charge in [-0.05, 0) is 29.5 Å². The number of aliphatic hydroxyl groups excluding tert-OH is 1. The van der Waals surface area contributed by atoms with E-state index in [1.807, 2.05) is 0 Å². The Morgan fingerprint density at radius 3 is 2.24 bits per heavy atom. The normalized spacial score (nSPS) is 19.2. The SMILES string of the molecule is CCc1ccc(CN2CCN(Cc3ccccc3)[C@H](CCO)C2)cc1. The predicted molar refractivity (Wildman–Crippen MR) is 103 cm³/mol. The molecule has 1 saturated heterocycles. The third kappa shape index (κ3) is 5.15. The van der Waals surface area contributed by atoms with E-state index in [1.54, 1.807) is 0 Å². The van der Waals surface area contributed by atoms with Gasteiger partial charge >= 0.3 is 0 Å². The number of rotatable bonds is 7. The lowest BCUT2D eigenvalue weighted by Gasteiger charge is -2.41. The standard InChI is InChI=1S/C22H30N2O/c1-2-19-8-10-21(11-9-19)16-23-13-14-24(22(18-23)12-15-25)17-20-6-4-3-5-7-20/h3-11,22,25H,2,12-18H2,1H3/t22-/m1/s1. The second-order valence-electron chi connectivity index (χ2n) is 7.03. The minimum absolute atomic E-state index is 0.259. The van der Waals surface area contributed by atoms with E-state index in [0.29, 0.717) is 6.04 Å². The van der Waals surface area contributed by atoms with E-state index >= 15 is 0 Å². The molecule has 1 heterocycles. The number of benzene rings is 2. The van der Waals surface area contributed by atoms with Crippen LogP contribution in [-0.2, 0) is 19.5 Å². The fraction of sp³-hybridized carbons (Fsp3) is 0.455. The second kappa shape index (κ2) is 9.14. The van der Waals surface area contributed by atoms with Crippen LogP contribution in [0.5, 0.6) is 0 Å². The minimum Gasteiger partial charge on any atom is -0.396 e. The second-order valence-corrected chi connectivity index (χ2v) is 7.03. The fourth-order valence-electron chi connectivity index (χ4n) is 3.69. The number of piperazine rings is 1. The average Bonchev–Trinajstić information content (AvgIpc) is 2.65. The molecule has 25 heavy (non-hydrogen) atoms. The summed E-state index contributed by atoms with van der Waals surface area (Å²) in [5.74, 6) is 0. The van der Waals surface area contributed by atoms with Crippen molar-refractivity contribution in [3.63, 3.8) is 0 Å². The van der Waals surface area contributed by atoms with Crippen molar-refractivity contribution >= 4 is 0 Å². The maximum atomic E-state index is 9.49.